The normalized spacial score (nSPS) is 33.2. The molecule has 0 saturated carbocycles. The Morgan fingerprint density at radius 3 is 2.17 bits per heavy atom. The van der Waals surface area contributed by atoms with E-state index in [1.807, 2.05) is 0 Å². The molecule has 2 aliphatic heterocycles. The van der Waals surface area contributed by atoms with Crippen molar-refractivity contribution in [1.82, 2.24) is 9.80 Å². The minimum atomic E-state index is 0.357. The molecule has 18 heavy (non-hydrogen) atoms. The Hall–Kier alpha value is -0.160. The van der Waals surface area contributed by atoms with Crippen molar-refractivity contribution in [2.24, 2.45) is 5.73 Å². The molecule has 2 heterocycles. The highest BCUT2D eigenvalue weighted by molar-refractivity contribution is 4.88. The van der Waals surface area contributed by atoms with E-state index in [0.29, 0.717) is 24.3 Å². The molecule has 0 bridgehead atoms. The van der Waals surface area contributed by atoms with Crippen LogP contribution < -0.4 is 5.73 Å². The van der Waals surface area contributed by atoms with E-state index in [1.165, 1.54) is 12.8 Å². The third-order valence-electron chi connectivity index (χ3n) is 4.48. The van der Waals surface area contributed by atoms with Gasteiger partial charge >= 0.3 is 0 Å². The van der Waals surface area contributed by atoms with Crippen LogP contribution in [0.4, 0.5) is 0 Å². The summed E-state index contributed by atoms with van der Waals surface area (Å²) in [6.07, 6.45) is 3.14. The lowest BCUT2D eigenvalue weighted by molar-refractivity contribution is -0.0210. The zero-order valence-corrected chi connectivity index (χ0v) is 12.1. The van der Waals surface area contributed by atoms with Crippen molar-refractivity contribution in [3.8, 4) is 0 Å². The van der Waals surface area contributed by atoms with E-state index in [-0.39, 0.29) is 0 Å². The van der Waals surface area contributed by atoms with Gasteiger partial charge in [0.05, 0.1) is 12.2 Å². The first-order valence-corrected chi connectivity index (χ1v) is 7.45. The summed E-state index contributed by atoms with van der Waals surface area (Å²) in [6.45, 7) is 12.0. The third kappa shape index (κ3) is 3.23. The number of piperazine rings is 1. The first-order valence-electron chi connectivity index (χ1n) is 7.45. The summed E-state index contributed by atoms with van der Waals surface area (Å²) in [6, 6.07) is 1.08. The fraction of sp³-hybridized carbons (Fsp3) is 1.00. The Bertz CT molecular complexity index is 251. The molecule has 0 aromatic carbocycles. The summed E-state index contributed by atoms with van der Waals surface area (Å²) in [5, 5.41) is 0. The maximum absolute atomic E-state index is 6.01. The Morgan fingerprint density at radius 1 is 1.11 bits per heavy atom. The molecule has 2 N–H and O–H groups in total. The Kier molecular flexibility index (Phi) is 5.01. The van der Waals surface area contributed by atoms with E-state index in [1.54, 1.807) is 0 Å². The van der Waals surface area contributed by atoms with Crippen molar-refractivity contribution < 1.29 is 4.74 Å². The topological polar surface area (TPSA) is 41.7 Å². The molecule has 3 unspecified atom stereocenters. The summed E-state index contributed by atoms with van der Waals surface area (Å²) < 4.78 is 6.01. The fourth-order valence-corrected chi connectivity index (χ4v) is 3.24. The van der Waals surface area contributed by atoms with Crippen LogP contribution >= 0.6 is 0 Å². The summed E-state index contributed by atoms with van der Waals surface area (Å²) in [5.74, 6) is 0. The van der Waals surface area contributed by atoms with Crippen LogP contribution in [-0.2, 0) is 4.74 Å². The van der Waals surface area contributed by atoms with E-state index in [2.05, 4.69) is 30.6 Å². The number of hydrogen-bond donors (Lipinski definition) is 1. The second-order valence-electron chi connectivity index (χ2n) is 6.03. The predicted molar refractivity (Wildman–Crippen MR) is 74.7 cm³/mol. The number of nitrogens with two attached hydrogens (primary N) is 1. The summed E-state index contributed by atoms with van der Waals surface area (Å²) in [7, 11) is 0. The maximum atomic E-state index is 6.01. The third-order valence-corrected chi connectivity index (χ3v) is 4.48. The number of ether oxygens (including phenoxy) is 1. The van der Waals surface area contributed by atoms with Crippen molar-refractivity contribution in [3.05, 3.63) is 0 Å². The standard InChI is InChI=1S/C14H29N3O/c1-11(2)16-6-8-17(9-7-16)13(10-15)14-5-4-12(3)18-14/h11-14H,4-10,15H2,1-3H3. The fourth-order valence-electron chi connectivity index (χ4n) is 3.24. The van der Waals surface area contributed by atoms with Gasteiger partial charge in [0.2, 0.25) is 0 Å². The molecular formula is C14H29N3O. The second-order valence-corrected chi connectivity index (χ2v) is 6.03. The quantitative estimate of drug-likeness (QED) is 0.811. The lowest BCUT2D eigenvalue weighted by Crippen LogP contribution is -2.57. The average molecular weight is 255 g/mol. The number of hydrogen-bond acceptors (Lipinski definition) is 4. The van der Waals surface area contributed by atoms with Crippen molar-refractivity contribution in [2.75, 3.05) is 32.7 Å². The average Bonchev–Trinajstić information content (AvgIpc) is 2.77. The van der Waals surface area contributed by atoms with Gasteiger partial charge in [-0.1, -0.05) is 0 Å². The summed E-state index contributed by atoms with van der Waals surface area (Å²) >= 11 is 0. The zero-order valence-electron chi connectivity index (χ0n) is 12.1. The van der Waals surface area contributed by atoms with Gasteiger partial charge in [-0.3, -0.25) is 9.80 Å². The van der Waals surface area contributed by atoms with Crippen LogP contribution in [0.25, 0.3) is 0 Å². The van der Waals surface area contributed by atoms with Crippen LogP contribution in [0.2, 0.25) is 0 Å². The molecule has 2 fully saturated rings. The molecule has 0 radical (unpaired) electrons. The lowest BCUT2D eigenvalue weighted by Gasteiger charge is -2.42. The summed E-state index contributed by atoms with van der Waals surface area (Å²) in [5.41, 5.74) is 5.99. The Balaban J connectivity index is 1.86. The molecule has 2 aliphatic rings. The van der Waals surface area contributed by atoms with Gasteiger partial charge in [0.25, 0.3) is 0 Å². The van der Waals surface area contributed by atoms with Crippen molar-refractivity contribution in [2.45, 2.75) is 57.9 Å². The molecule has 106 valence electrons. The monoisotopic (exact) mass is 255 g/mol. The van der Waals surface area contributed by atoms with Crippen molar-refractivity contribution in [1.29, 1.82) is 0 Å². The van der Waals surface area contributed by atoms with Gasteiger partial charge in [-0.05, 0) is 33.6 Å². The van der Waals surface area contributed by atoms with Gasteiger partial charge in [-0.2, -0.15) is 0 Å². The Labute approximate surface area is 111 Å². The van der Waals surface area contributed by atoms with E-state index < -0.39 is 0 Å². The van der Waals surface area contributed by atoms with Gasteiger partial charge in [0.15, 0.2) is 0 Å². The molecule has 0 spiro atoms. The van der Waals surface area contributed by atoms with Gasteiger partial charge in [0, 0.05) is 44.8 Å². The van der Waals surface area contributed by atoms with Crippen LogP contribution in [0.5, 0.6) is 0 Å². The molecule has 2 rings (SSSR count). The molecule has 0 aromatic rings. The highest BCUT2D eigenvalue weighted by Gasteiger charge is 2.34. The lowest BCUT2D eigenvalue weighted by atomic mass is 10.0. The number of nitrogens with zero attached hydrogens (tertiary/aromatic N) is 2. The highest BCUT2D eigenvalue weighted by atomic mass is 16.5. The molecule has 3 atom stereocenters. The van der Waals surface area contributed by atoms with Crippen LogP contribution in [-0.4, -0.2) is 66.8 Å². The zero-order chi connectivity index (χ0) is 13.1. The molecular weight excluding hydrogens is 226 g/mol. The van der Waals surface area contributed by atoms with Crippen LogP contribution in [0, 0.1) is 0 Å². The van der Waals surface area contributed by atoms with E-state index in [4.69, 9.17) is 10.5 Å². The second kappa shape index (κ2) is 6.33. The first-order chi connectivity index (χ1) is 8.61. The van der Waals surface area contributed by atoms with Crippen LogP contribution in [0.1, 0.15) is 33.6 Å². The van der Waals surface area contributed by atoms with Crippen molar-refractivity contribution >= 4 is 0 Å². The molecule has 4 heteroatoms. The highest BCUT2D eigenvalue weighted by Crippen LogP contribution is 2.25. The van der Waals surface area contributed by atoms with E-state index in [0.717, 1.165) is 32.7 Å². The SMILES string of the molecule is CC1CCC(C(CN)N2CCN(C(C)C)CC2)O1. The van der Waals surface area contributed by atoms with E-state index in [9.17, 15) is 0 Å². The van der Waals surface area contributed by atoms with Crippen molar-refractivity contribution in [3.63, 3.8) is 0 Å². The van der Waals surface area contributed by atoms with Crippen LogP contribution in [0.15, 0.2) is 0 Å². The maximum Gasteiger partial charge on any atom is 0.0747 e. The molecule has 0 aliphatic carbocycles. The van der Waals surface area contributed by atoms with Gasteiger partial charge < -0.3 is 10.5 Å². The van der Waals surface area contributed by atoms with Gasteiger partial charge in [0.1, 0.15) is 0 Å². The molecule has 0 amide bonds. The van der Waals surface area contributed by atoms with Gasteiger partial charge in [-0.25, -0.2) is 0 Å². The largest absolute Gasteiger partial charge is 0.374 e. The molecule has 4 nitrogen and oxygen atoms in total. The van der Waals surface area contributed by atoms with Gasteiger partial charge in [-0.15, -0.1) is 0 Å². The minimum absolute atomic E-state index is 0.357. The predicted octanol–water partition coefficient (Wildman–Crippen LogP) is 0.907. The number of rotatable bonds is 4. The molecule has 2 saturated heterocycles. The first kappa shape index (κ1) is 14.3. The molecule has 0 aromatic heterocycles. The Morgan fingerprint density at radius 2 is 1.72 bits per heavy atom. The van der Waals surface area contributed by atoms with Crippen LogP contribution in [0.3, 0.4) is 0 Å². The minimum Gasteiger partial charge on any atom is -0.374 e. The smallest absolute Gasteiger partial charge is 0.0747 e. The summed E-state index contributed by atoms with van der Waals surface area (Å²) in [4.78, 5) is 5.09. The van der Waals surface area contributed by atoms with E-state index >= 15 is 0 Å².